The van der Waals surface area contributed by atoms with E-state index >= 15 is 0 Å². The quantitative estimate of drug-likeness (QED) is 0.0428. The standard InChI is InChI=1S/C50H95NO3/c1-3-5-7-9-11-13-15-17-19-21-23-24-25-26-28-29-31-33-35-37-39-41-43-45-49(53)48(47-52)51-50(54)46-44-42-40-38-36-34-32-30-27-22-20-18-16-14-12-10-8-6-4-2/h28-29,35,37,43,45,48-49,52-53H,3-27,30-34,36,38-42,44,46-47H2,1-2H3,(H,51,54)/b29-28+,37-35+,45-43+. The van der Waals surface area contributed by atoms with Crippen LogP contribution in [0.5, 0.6) is 0 Å². The van der Waals surface area contributed by atoms with E-state index in [1.165, 1.54) is 199 Å². The smallest absolute Gasteiger partial charge is 0.220 e. The third-order valence-electron chi connectivity index (χ3n) is 11.1. The van der Waals surface area contributed by atoms with Gasteiger partial charge in [0.05, 0.1) is 18.8 Å². The molecule has 4 heteroatoms. The van der Waals surface area contributed by atoms with Crippen molar-refractivity contribution >= 4 is 5.91 Å². The molecule has 0 spiro atoms. The van der Waals surface area contributed by atoms with Crippen LogP contribution in [0.4, 0.5) is 0 Å². The Morgan fingerprint density at radius 2 is 0.722 bits per heavy atom. The Labute approximate surface area is 338 Å². The van der Waals surface area contributed by atoms with Gasteiger partial charge in [0.1, 0.15) is 0 Å². The molecule has 0 bridgehead atoms. The lowest BCUT2D eigenvalue weighted by Crippen LogP contribution is -2.45. The highest BCUT2D eigenvalue weighted by Gasteiger charge is 2.17. The van der Waals surface area contributed by atoms with Gasteiger partial charge in [-0.1, -0.05) is 243 Å². The molecule has 0 saturated carbocycles. The van der Waals surface area contributed by atoms with E-state index in [0.29, 0.717) is 6.42 Å². The number of aliphatic hydroxyl groups is 2. The average Bonchev–Trinajstić information content (AvgIpc) is 3.18. The summed E-state index contributed by atoms with van der Waals surface area (Å²) in [7, 11) is 0. The molecule has 0 radical (unpaired) electrons. The molecule has 0 aliphatic carbocycles. The Morgan fingerprint density at radius 3 is 1.07 bits per heavy atom. The second-order valence-electron chi connectivity index (χ2n) is 16.5. The number of carbonyl (C=O) groups is 1. The zero-order valence-electron chi connectivity index (χ0n) is 36.5. The minimum atomic E-state index is -0.868. The summed E-state index contributed by atoms with van der Waals surface area (Å²) in [6.07, 6.45) is 61.3. The van der Waals surface area contributed by atoms with Gasteiger partial charge < -0.3 is 15.5 Å². The third-order valence-corrected chi connectivity index (χ3v) is 11.1. The maximum Gasteiger partial charge on any atom is 0.220 e. The summed E-state index contributed by atoms with van der Waals surface area (Å²) >= 11 is 0. The molecule has 0 heterocycles. The molecule has 0 aromatic carbocycles. The minimum absolute atomic E-state index is 0.0743. The van der Waals surface area contributed by atoms with Gasteiger partial charge in [-0.05, 0) is 44.9 Å². The Bertz CT molecular complexity index is 821. The van der Waals surface area contributed by atoms with Crippen molar-refractivity contribution in [3.8, 4) is 0 Å². The van der Waals surface area contributed by atoms with Gasteiger partial charge in [-0.2, -0.15) is 0 Å². The predicted molar refractivity (Wildman–Crippen MR) is 239 cm³/mol. The van der Waals surface area contributed by atoms with Gasteiger partial charge in [-0.25, -0.2) is 0 Å². The van der Waals surface area contributed by atoms with E-state index in [4.69, 9.17) is 0 Å². The summed E-state index contributed by atoms with van der Waals surface area (Å²) < 4.78 is 0. The summed E-state index contributed by atoms with van der Waals surface area (Å²) in [5, 5.41) is 23.0. The zero-order chi connectivity index (χ0) is 39.3. The number of amides is 1. The minimum Gasteiger partial charge on any atom is -0.394 e. The van der Waals surface area contributed by atoms with E-state index < -0.39 is 12.1 Å². The number of unbranched alkanes of at least 4 members (excludes halogenated alkanes) is 33. The molecule has 1 amide bonds. The average molecular weight is 758 g/mol. The van der Waals surface area contributed by atoms with Crippen LogP contribution in [-0.2, 0) is 4.79 Å². The van der Waals surface area contributed by atoms with Crippen molar-refractivity contribution in [1.29, 1.82) is 0 Å². The van der Waals surface area contributed by atoms with Crippen molar-refractivity contribution in [1.82, 2.24) is 5.32 Å². The number of aliphatic hydroxyl groups excluding tert-OH is 2. The SMILES string of the molecule is CCCCCCCCCCCCCCC/C=C/CC/C=C/CC/C=C/C(O)C(CO)NC(=O)CCCCCCCCCCCCCCCCCCCCC. The first kappa shape index (κ1) is 52.6. The van der Waals surface area contributed by atoms with Crippen LogP contribution in [0.2, 0.25) is 0 Å². The van der Waals surface area contributed by atoms with E-state index in [1.54, 1.807) is 6.08 Å². The van der Waals surface area contributed by atoms with Crippen LogP contribution < -0.4 is 5.32 Å². The second-order valence-corrected chi connectivity index (χ2v) is 16.5. The molecule has 0 aromatic rings. The van der Waals surface area contributed by atoms with E-state index in [0.717, 1.165) is 38.5 Å². The van der Waals surface area contributed by atoms with Gasteiger partial charge >= 0.3 is 0 Å². The summed E-state index contributed by atoms with van der Waals surface area (Å²) in [5.74, 6) is -0.0743. The Hall–Kier alpha value is -1.39. The fourth-order valence-corrected chi connectivity index (χ4v) is 7.39. The van der Waals surface area contributed by atoms with Crippen LogP contribution in [0.3, 0.4) is 0 Å². The molecular formula is C50H95NO3. The van der Waals surface area contributed by atoms with Gasteiger partial charge in [0.15, 0.2) is 0 Å². The molecule has 0 fully saturated rings. The Morgan fingerprint density at radius 1 is 0.426 bits per heavy atom. The number of carbonyl (C=O) groups excluding carboxylic acids is 1. The molecule has 0 aliphatic rings. The highest BCUT2D eigenvalue weighted by Crippen LogP contribution is 2.16. The molecule has 318 valence electrons. The number of allylic oxidation sites excluding steroid dienone is 5. The van der Waals surface area contributed by atoms with Crippen molar-refractivity contribution in [3.05, 3.63) is 36.5 Å². The van der Waals surface area contributed by atoms with E-state index in [-0.39, 0.29) is 12.5 Å². The van der Waals surface area contributed by atoms with E-state index in [2.05, 4.69) is 43.5 Å². The third kappa shape index (κ3) is 41.8. The highest BCUT2D eigenvalue weighted by atomic mass is 16.3. The van der Waals surface area contributed by atoms with Crippen LogP contribution >= 0.6 is 0 Å². The topological polar surface area (TPSA) is 69.6 Å². The molecule has 0 rings (SSSR count). The second kappa shape index (κ2) is 46.0. The fourth-order valence-electron chi connectivity index (χ4n) is 7.39. The first-order chi connectivity index (χ1) is 26.7. The van der Waals surface area contributed by atoms with Gasteiger partial charge in [0, 0.05) is 6.42 Å². The Balaban J connectivity index is 3.59. The molecule has 3 N–H and O–H groups in total. The highest BCUT2D eigenvalue weighted by molar-refractivity contribution is 5.76. The maximum absolute atomic E-state index is 12.4. The van der Waals surface area contributed by atoms with Crippen molar-refractivity contribution in [3.63, 3.8) is 0 Å². The van der Waals surface area contributed by atoms with Crippen molar-refractivity contribution in [2.45, 2.75) is 270 Å². The molecule has 54 heavy (non-hydrogen) atoms. The van der Waals surface area contributed by atoms with Gasteiger partial charge in [-0.3, -0.25) is 4.79 Å². The first-order valence-electron chi connectivity index (χ1n) is 24.2. The Kier molecular flexibility index (Phi) is 44.8. The predicted octanol–water partition coefficient (Wildman–Crippen LogP) is 15.4. The van der Waals surface area contributed by atoms with Crippen LogP contribution in [0.1, 0.15) is 258 Å². The van der Waals surface area contributed by atoms with E-state index in [9.17, 15) is 15.0 Å². The summed E-state index contributed by atoms with van der Waals surface area (Å²) in [4.78, 5) is 12.4. The molecule has 0 saturated heterocycles. The molecule has 4 nitrogen and oxygen atoms in total. The summed E-state index contributed by atoms with van der Waals surface area (Å²) in [5.41, 5.74) is 0. The first-order valence-corrected chi connectivity index (χ1v) is 24.2. The molecule has 2 atom stereocenters. The van der Waals surface area contributed by atoms with Gasteiger partial charge in [-0.15, -0.1) is 0 Å². The van der Waals surface area contributed by atoms with Gasteiger partial charge in [0.2, 0.25) is 5.91 Å². The van der Waals surface area contributed by atoms with Crippen molar-refractivity contribution < 1.29 is 15.0 Å². The largest absolute Gasteiger partial charge is 0.394 e. The number of rotatable bonds is 44. The summed E-state index contributed by atoms with van der Waals surface area (Å²) in [6, 6.07) is -0.642. The molecule has 0 aliphatic heterocycles. The molecule has 2 unspecified atom stereocenters. The molecular weight excluding hydrogens is 663 g/mol. The van der Waals surface area contributed by atoms with Crippen LogP contribution in [0.15, 0.2) is 36.5 Å². The van der Waals surface area contributed by atoms with Crippen molar-refractivity contribution in [2.75, 3.05) is 6.61 Å². The van der Waals surface area contributed by atoms with Crippen LogP contribution in [-0.4, -0.2) is 34.9 Å². The fraction of sp³-hybridized carbons (Fsp3) is 0.860. The van der Waals surface area contributed by atoms with Gasteiger partial charge in [0.25, 0.3) is 0 Å². The number of hydrogen-bond donors (Lipinski definition) is 3. The normalized spacial score (nSPS) is 13.2. The van der Waals surface area contributed by atoms with E-state index in [1.807, 2.05) is 6.08 Å². The van der Waals surface area contributed by atoms with Crippen molar-refractivity contribution in [2.24, 2.45) is 0 Å². The van der Waals surface area contributed by atoms with Crippen LogP contribution in [0, 0.1) is 0 Å². The summed E-state index contributed by atoms with van der Waals surface area (Å²) in [6.45, 7) is 4.31. The lowest BCUT2D eigenvalue weighted by atomic mass is 10.0. The monoisotopic (exact) mass is 758 g/mol. The molecule has 0 aromatic heterocycles. The maximum atomic E-state index is 12.4. The lowest BCUT2D eigenvalue weighted by molar-refractivity contribution is -0.123. The zero-order valence-corrected chi connectivity index (χ0v) is 36.5. The lowest BCUT2D eigenvalue weighted by Gasteiger charge is -2.19. The number of nitrogens with one attached hydrogen (secondary N) is 1. The number of hydrogen-bond acceptors (Lipinski definition) is 3. The van der Waals surface area contributed by atoms with Crippen LogP contribution in [0.25, 0.3) is 0 Å².